The fraction of sp³-hybridized carbons (Fsp3) is 0.800. The van der Waals surface area contributed by atoms with Crippen LogP contribution in [-0.4, -0.2) is 19.5 Å². The molecular weight excluding hydrogens is 152 g/mol. The topological polar surface area (TPSA) is 18.5 Å². The normalized spacial score (nSPS) is 18.3. The van der Waals surface area contributed by atoms with E-state index < -0.39 is 0 Å². The zero-order chi connectivity index (χ0) is 8.65. The van der Waals surface area contributed by atoms with Crippen LogP contribution in [0.1, 0.15) is 32.1 Å². The first-order valence-corrected chi connectivity index (χ1v) is 4.77. The fourth-order valence-electron chi connectivity index (χ4n) is 1.35. The van der Waals surface area contributed by atoms with Gasteiger partial charge in [-0.1, -0.05) is 12.5 Å². The number of unbranched alkanes of at least 4 members (excludes halogenated alkanes) is 3. The molecular formula is C10H18O2. The Morgan fingerprint density at radius 1 is 1.17 bits per heavy atom. The van der Waals surface area contributed by atoms with Gasteiger partial charge in [-0.2, -0.15) is 0 Å². The van der Waals surface area contributed by atoms with E-state index in [0.29, 0.717) is 0 Å². The minimum absolute atomic E-state index is 0.0914. The van der Waals surface area contributed by atoms with Gasteiger partial charge in [0.05, 0.1) is 13.2 Å². The summed E-state index contributed by atoms with van der Waals surface area (Å²) in [5.41, 5.74) is 0. The van der Waals surface area contributed by atoms with Crippen LogP contribution in [0.3, 0.4) is 0 Å². The molecule has 1 rings (SSSR count). The molecule has 1 aliphatic rings. The van der Waals surface area contributed by atoms with E-state index in [4.69, 9.17) is 9.47 Å². The lowest BCUT2D eigenvalue weighted by Gasteiger charge is -2.07. The summed E-state index contributed by atoms with van der Waals surface area (Å²) >= 11 is 0. The van der Waals surface area contributed by atoms with Gasteiger partial charge in [0.15, 0.2) is 6.29 Å². The summed E-state index contributed by atoms with van der Waals surface area (Å²) in [6, 6.07) is 0. The van der Waals surface area contributed by atoms with Gasteiger partial charge in [-0.25, -0.2) is 0 Å². The highest BCUT2D eigenvalue weighted by Crippen LogP contribution is 2.12. The van der Waals surface area contributed by atoms with Crippen molar-refractivity contribution < 1.29 is 9.47 Å². The lowest BCUT2D eigenvalue weighted by atomic mass is 10.1. The average molecular weight is 170 g/mol. The lowest BCUT2D eigenvalue weighted by molar-refractivity contribution is -0.0479. The van der Waals surface area contributed by atoms with Crippen LogP contribution in [0, 0.1) is 0 Å². The smallest absolute Gasteiger partial charge is 0.157 e. The van der Waals surface area contributed by atoms with Crippen molar-refractivity contribution >= 4 is 0 Å². The van der Waals surface area contributed by atoms with E-state index >= 15 is 0 Å². The molecule has 0 aliphatic carbocycles. The van der Waals surface area contributed by atoms with Crippen molar-refractivity contribution in [2.45, 2.75) is 38.4 Å². The standard InChI is InChI=1S/C10H18O2/c1-2-3-4-5-6-7-10-11-8-9-12-10/h2,10H,1,3-9H2. The maximum atomic E-state index is 5.32. The van der Waals surface area contributed by atoms with E-state index in [1.54, 1.807) is 0 Å². The summed E-state index contributed by atoms with van der Waals surface area (Å²) in [4.78, 5) is 0. The molecule has 0 radical (unpaired) electrons. The Bertz CT molecular complexity index is 117. The van der Waals surface area contributed by atoms with Gasteiger partial charge in [0.1, 0.15) is 0 Å². The maximum Gasteiger partial charge on any atom is 0.157 e. The molecule has 0 spiro atoms. The minimum Gasteiger partial charge on any atom is -0.350 e. The van der Waals surface area contributed by atoms with Crippen LogP contribution in [0.2, 0.25) is 0 Å². The molecule has 1 aliphatic heterocycles. The molecule has 12 heavy (non-hydrogen) atoms. The van der Waals surface area contributed by atoms with Crippen molar-refractivity contribution in [1.82, 2.24) is 0 Å². The van der Waals surface area contributed by atoms with Gasteiger partial charge in [0.25, 0.3) is 0 Å². The van der Waals surface area contributed by atoms with Gasteiger partial charge in [-0.15, -0.1) is 6.58 Å². The van der Waals surface area contributed by atoms with Gasteiger partial charge in [-0.3, -0.25) is 0 Å². The van der Waals surface area contributed by atoms with Crippen molar-refractivity contribution in [2.24, 2.45) is 0 Å². The first-order valence-electron chi connectivity index (χ1n) is 4.77. The van der Waals surface area contributed by atoms with Crippen LogP contribution in [0.15, 0.2) is 12.7 Å². The monoisotopic (exact) mass is 170 g/mol. The summed E-state index contributed by atoms with van der Waals surface area (Å²) < 4.78 is 10.6. The minimum atomic E-state index is 0.0914. The van der Waals surface area contributed by atoms with Gasteiger partial charge in [0.2, 0.25) is 0 Å². The average Bonchev–Trinajstić information content (AvgIpc) is 2.57. The molecule has 1 heterocycles. The van der Waals surface area contributed by atoms with Gasteiger partial charge in [-0.05, 0) is 25.7 Å². The molecule has 1 fully saturated rings. The number of rotatable bonds is 6. The molecule has 0 aromatic carbocycles. The van der Waals surface area contributed by atoms with Crippen molar-refractivity contribution in [1.29, 1.82) is 0 Å². The van der Waals surface area contributed by atoms with Gasteiger partial charge >= 0.3 is 0 Å². The molecule has 0 atom stereocenters. The summed E-state index contributed by atoms with van der Waals surface area (Å²) in [7, 11) is 0. The van der Waals surface area contributed by atoms with Gasteiger partial charge < -0.3 is 9.47 Å². The van der Waals surface area contributed by atoms with Crippen LogP contribution in [-0.2, 0) is 9.47 Å². The molecule has 2 heteroatoms. The molecule has 2 nitrogen and oxygen atoms in total. The van der Waals surface area contributed by atoms with Crippen LogP contribution >= 0.6 is 0 Å². The third kappa shape index (κ3) is 3.88. The highest BCUT2D eigenvalue weighted by atomic mass is 16.7. The zero-order valence-corrected chi connectivity index (χ0v) is 7.63. The molecule has 0 unspecified atom stereocenters. The Hall–Kier alpha value is -0.340. The Labute approximate surface area is 74.6 Å². The highest BCUT2D eigenvalue weighted by molar-refractivity contribution is 4.65. The van der Waals surface area contributed by atoms with E-state index in [9.17, 15) is 0 Å². The van der Waals surface area contributed by atoms with Crippen molar-refractivity contribution in [3.05, 3.63) is 12.7 Å². The van der Waals surface area contributed by atoms with Crippen LogP contribution in [0.25, 0.3) is 0 Å². The SMILES string of the molecule is C=CCCCCCC1OCCO1. The largest absolute Gasteiger partial charge is 0.350 e. The van der Waals surface area contributed by atoms with Crippen LogP contribution < -0.4 is 0 Å². The highest BCUT2D eigenvalue weighted by Gasteiger charge is 2.14. The second-order valence-electron chi connectivity index (χ2n) is 3.10. The number of allylic oxidation sites excluding steroid dienone is 1. The molecule has 70 valence electrons. The number of ether oxygens (including phenoxy) is 2. The number of hydrogen-bond acceptors (Lipinski definition) is 2. The Morgan fingerprint density at radius 3 is 2.58 bits per heavy atom. The first kappa shape index (κ1) is 9.75. The number of hydrogen-bond donors (Lipinski definition) is 0. The maximum absolute atomic E-state index is 5.32. The predicted molar refractivity (Wildman–Crippen MR) is 49.0 cm³/mol. The second-order valence-corrected chi connectivity index (χ2v) is 3.10. The van der Waals surface area contributed by atoms with E-state index in [0.717, 1.165) is 26.1 Å². The summed E-state index contributed by atoms with van der Waals surface area (Å²) in [6.07, 6.45) is 7.96. The fourth-order valence-corrected chi connectivity index (χ4v) is 1.35. The van der Waals surface area contributed by atoms with E-state index in [-0.39, 0.29) is 6.29 Å². The van der Waals surface area contributed by atoms with Crippen molar-refractivity contribution in [3.8, 4) is 0 Å². The quantitative estimate of drug-likeness (QED) is 0.450. The third-order valence-electron chi connectivity index (χ3n) is 2.04. The molecule has 0 aromatic rings. The summed E-state index contributed by atoms with van der Waals surface area (Å²) in [6.45, 7) is 5.24. The molecule has 0 N–H and O–H groups in total. The Kier molecular flexibility index (Phi) is 5.04. The molecule has 1 saturated heterocycles. The summed E-state index contributed by atoms with van der Waals surface area (Å²) in [5.74, 6) is 0. The second kappa shape index (κ2) is 6.21. The molecule has 0 aromatic heterocycles. The molecule has 0 saturated carbocycles. The zero-order valence-electron chi connectivity index (χ0n) is 7.63. The Balaban J connectivity index is 1.84. The third-order valence-corrected chi connectivity index (χ3v) is 2.04. The Morgan fingerprint density at radius 2 is 1.92 bits per heavy atom. The first-order chi connectivity index (χ1) is 5.93. The van der Waals surface area contributed by atoms with Crippen molar-refractivity contribution in [2.75, 3.05) is 13.2 Å². The van der Waals surface area contributed by atoms with Crippen LogP contribution in [0.5, 0.6) is 0 Å². The van der Waals surface area contributed by atoms with E-state index in [1.807, 2.05) is 6.08 Å². The van der Waals surface area contributed by atoms with E-state index in [1.165, 1.54) is 19.3 Å². The van der Waals surface area contributed by atoms with Gasteiger partial charge in [0, 0.05) is 0 Å². The van der Waals surface area contributed by atoms with Crippen LogP contribution in [0.4, 0.5) is 0 Å². The lowest BCUT2D eigenvalue weighted by Crippen LogP contribution is -2.06. The van der Waals surface area contributed by atoms with E-state index in [2.05, 4.69) is 6.58 Å². The van der Waals surface area contributed by atoms with Crippen molar-refractivity contribution in [3.63, 3.8) is 0 Å². The molecule has 0 bridgehead atoms. The summed E-state index contributed by atoms with van der Waals surface area (Å²) in [5, 5.41) is 0. The predicted octanol–water partition coefficient (Wildman–Crippen LogP) is 2.50. The molecule has 0 amide bonds.